The summed E-state index contributed by atoms with van der Waals surface area (Å²) >= 11 is 0. The number of benzene rings is 2. The second-order valence-electron chi connectivity index (χ2n) is 7.35. The number of nitrogens with zero attached hydrogens (tertiary/aromatic N) is 2. The van der Waals surface area contributed by atoms with Crippen LogP contribution in [0, 0.1) is 0 Å². The van der Waals surface area contributed by atoms with E-state index < -0.39 is 0 Å². The van der Waals surface area contributed by atoms with Gasteiger partial charge in [0.1, 0.15) is 0 Å². The SMILES string of the molecule is CN(C)c1ccc(C[C@H]2CN[C@H](Cc3ccc(N(C)C)cc3)N2)cc1. The van der Waals surface area contributed by atoms with Gasteiger partial charge in [0, 0.05) is 58.6 Å². The second-order valence-corrected chi connectivity index (χ2v) is 7.35. The second kappa shape index (κ2) is 7.89. The fourth-order valence-electron chi connectivity index (χ4n) is 3.33. The Morgan fingerprint density at radius 3 is 1.72 bits per heavy atom. The standard InChI is InChI=1S/C21H30N4/c1-24(2)19-9-5-16(6-10-19)13-18-15-22-21(23-18)14-17-7-11-20(12-8-17)25(3)4/h5-12,18,21-23H,13-15H2,1-4H3/t18-,21-/m0/s1. The fourth-order valence-corrected chi connectivity index (χ4v) is 3.33. The van der Waals surface area contributed by atoms with Gasteiger partial charge < -0.3 is 15.1 Å². The van der Waals surface area contributed by atoms with E-state index in [1.165, 1.54) is 22.5 Å². The molecule has 3 rings (SSSR count). The molecule has 0 aliphatic carbocycles. The molecule has 2 aromatic carbocycles. The predicted molar refractivity (Wildman–Crippen MR) is 108 cm³/mol. The fraction of sp³-hybridized carbons (Fsp3) is 0.429. The van der Waals surface area contributed by atoms with Crippen molar-refractivity contribution < 1.29 is 0 Å². The summed E-state index contributed by atoms with van der Waals surface area (Å²) in [5.41, 5.74) is 5.25. The summed E-state index contributed by atoms with van der Waals surface area (Å²) < 4.78 is 0. The maximum absolute atomic E-state index is 3.73. The van der Waals surface area contributed by atoms with E-state index in [2.05, 4.69) is 97.2 Å². The smallest absolute Gasteiger partial charge is 0.0616 e. The van der Waals surface area contributed by atoms with Crippen LogP contribution in [-0.2, 0) is 12.8 Å². The molecular weight excluding hydrogens is 308 g/mol. The highest BCUT2D eigenvalue weighted by Gasteiger charge is 2.23. The van der Waals surface area contributed by atoms with E-state index in [0.717, 1.165) is 19.4 Å². The van der Waals surface area contributed by atoms with Crippen LogP contribution >= 0.6 is 0 Å². The third-order valence-electron chi connectivity index (χ3n) is 4.87. The zero-order chi connectivity index (χ0) is 17.8. The molecule has 4 nitrogen and oxygen atoms in total. The van der Waals surface area contributed by atoms with Crippen LogP contribution in [0.4, 0.5) is 11.4 Å². The average Bonchev–Trinajstić information content (AvgIpc) is 3.02. The number of nitrogens with one attached hydrogen (secondary N) is 2. The number of anilines is 2. The maximum atomic E-state index is 3.73. The van der Waals surface area contributed by atoms with Gasteiger partial charge in [0.15, 0.2) is 0 Å². The predicted octanol–water partition coefficient (Wildman–Crippen LogP) is 2.49. The number of hydrogen-bond donors (Lipinski definition) is 2. The lowest BCUT2D eigenvalue weighted by atomic mass is 10.1. The van der Waals surface area contributed by atoms with Crippen LogP contribution < -0.4 is 20.4 Å². The molecule has 0 amide bonds. The molecule has 1 aliphatic heterocycles. The molecule has 0 unspecified atom stereocenters. The molecule has 2 aromatic rings. The van der Waals surface area contributed by atoms with Gasteiger partial charge in [-0.05, 0) is 41.8 Å². The van der Waals surface area contributed by atoms with E-state index >= 15 is 0 Å². The zero-order valence-corrected chi connectivity index (χ0v) is 15.8. The monoisotopic (exact) mass is 338 g/mol. The van der Waals surface area contributed by atoms with Crippen LogP contribution in [0.5, 0.6) is 0 Å². The van der Waals surface area contributed by atoms with E-state index in [9.17, 15) is 0 Å². The van der Waals surface area contributed by atoms with Crippen molar-refractivity contribution in [2.24, 2.45) is 0 Å². The summed E-state index contributed by atoms with van der Waals surface area (Å²) in [5.74, 6) is 0. The molecule has 2 atom stereocenters. The van der Waals surface area contributed by atoms with Crippen LogP contribution in [0.2, 0.25) is 0 Å². The topological polar surface area (TPSA) is 30.5 Å². The molecule has 0 bridgehead atoms. The van der Waals surface area contributed by atoms with Gasteiger partial charge in [-0.15, -0.1) is 0 Å². The Bertz CT molecular complexity index is 602. The lowest BCUT2D eigenvalue weighted by Gasteiger charge is -2.16. The minimum Gasteiger partial charge on any atom is -0.378 e. The average molecular weight is 338 g/mol. The Labute approximate surface area is 151 Å². The summed E-state index contributed by atoms with van der Waals surface area (Å²) in [6.07, 6.45) is 2.44. The first-order valence-electron chi connectivity index (χ1n) is 9.03. The summed E-state index contributed by atoms with van der Waals surface area (Å²) in [5, 5.41) is 7.34. The third-order valence-corrected chi connectivity index (χ3v) is 4.87. The molecule has 1 saturated heterocycles. The van der Waals surface area contributed by atoms with Crippen LogP contribution in [0.25, 0.3) is 0 Å². The van der Waals surface area contributed by atoms with E-state index in [4.69, 9.17) is 0 Å². The lowest BCUT2D eigenvalue weighted by molar-refractivity contribution is 0.516. The van der Waals surface area contributed by atoms with Crippen molar-refractivity contribution in [1.29, 1.82) is 0 Å². The molecule has 134 valence electrons. The van der Waals surface area contributed by atoms with Gasteiger partial charge in [-0.25, -0.2) is 0 Å². The Kier molecular flexibility index (Phi) is 5.61. The molecule has 0 saturated carbocycles. The molecular formula is C21H30N4. The third kappa shape index (κ3) is 4.74. The van der Waals surface area contributed by atoms with Gasteiger partial charge in [-0.1, -0.05) is 24.3 Å². The zero-order valence-electron chi connectivity index (χ0n) is 15.8. The van der Waals surface area contributed by atoms with E-state index in [1.807, 2.05) is 0 Å². The van der Waals surface area contributed by atoms with Crippen molar-refractivity contribution in [3.63, 3.8) is 0 Å². The number of hydrogen-bond acceptors (Lipinski definition) is 4. The van der Waals surface area contributed by atoms with Crippen molar-refractivity contribution in [3.8, 4) is 0 Å². The minimum atomic E-state index is 0.358. The normalized spacial score (nSPS) is 19.8. The Morgan fingerprint density at radius 1 is 0.760 bits per heavy atom. The first-order chi connectivity index (χ1) is 12.0. The number of rotatable bonds is 6. The van der Waals surface area contributed by atoms with E-state index in [0.29, 0.717) is 12.2 Å². The van der Waals surface area contributed by atoms with Crippen molar-refractivity contribution in [2.45, 2.75) is 25.0 Å². The molecule has 4 heteroatoms. The summed E-state index contributed by atoms with van der Waals surface area (Å²) in [6, 6.07) is 18.2. The quantitative estimate of drug-likeness (QED) is 0.847. The van der Waals surface area contributed by atoms with Gasteiger partial charge in [0.05, 0.1) is 6.17 Å². The highest BCUT2D eigenvalue weighted by molar-refractivity contribution is 5.47. The Balaban J connectivity index is 1.51. The van der Waals surface area contributed by atoms with E-state index in [-0.39, 0.29) is 0 Å². The lowest BCUT2D eigenvalue weighted by Crippen LogP contribution is -2.36. The Hall–Kier alpha value is -2.04. The van der Waals surface area contributed by atoms with Gasteiger partial charge in [0.25, 0.3) is 0 Å². The first-order valence-corrected chi connectivity index (χ1v) is 9.03. The maximum Gasteiger partial charge on any atom is 0.0616 e. The van der Waals surface area contributed by atoms with Gasteiger partial charge in [-0.2, -0.15) is 0 Å². The van der Waals surface area contributed by atoms with Crippen LogP contribution in [0.3, 0.4) is 0 Å². The molecule has 2 N–H and O–H groups in total. The van der Waals surface area contributed by atoms with Gasteiger partial charge in [-0.3, -0.25) is 5.32 Å². The minimum absolute atomic E-state index is 0.358. The van der Waals surface area contributed by atoms with Crippen molar-refractivity contribution >= 4 is 11.4 Å². The molecule has 25 heavy (non-hydrogen) atoms. The van der Waals surface area contributed by atoms with Crippen molar-refractivity contribution in [3.05, 3.63) is 59.7 Å². The van der Waals surface area contributed by atoms with Gasteiger partial charge in [0.2, 0.25) is 0 Å². The molecule has 1 fully saturated rings. The highest BCUT2D eigenvalue weighted by atomic mass is 15.2. The first kappa shape index (κ1) is 17.8. The molecule has 1 heterocycles. The Morgan fingerprint density at radius 2 is 1.24 bits per heavy atom. The van der Waals surface area contributed by atoms with Crippen molar-refractivity contribution in [2.75, 3.05) is 44.5 Å². The molecule has 1 aliphatic rings. The summed E-state index contributed by atoms with van der Waals surface area (Å²) in [6.45, 7) is 1.02. The molecule has 0 aromatic heterocycles. The van der Waals surface area contributed by atoms with Gasteiger partial charge >= 0.3 is 0 Å². The molecule has 0 spiro atoms. The summed E-state index contributed by atoms with van der Waals surface area (Å²) in [7, 11) is 8.30. The summed E-state index contributed by atoms with van der Waals surface area (Å²) in [4.78, 5) is 4.27. The van der Waals surface area contributed by atoms with Crippen LogP contribution in [-0.4, -0.2) is 46.9 Å². The molecule has 0 radical (unpaired) electrons. The highest BCUT2D eigenvalue weighted by Crippen LogP contribution is 2.16. The van der Waals surface area contributed by atoms with Crippen LogP contribution in [0.15, 0.2) is 48.5 Å². The largest absolute Gasteiger partial charge is 0.378 e. The van der Waals surface area contributed by atoms with Crippen LogP contribution in [0.1, 0.15) is 11.1 Å². The van der Waals surface area contributed by atoms with E-state index in [1.54, 1.807) is 0 Å². The van der Waals surface area contributed by atoms with Crippen molar-refractivity contribution in [1.82, 2.24) is 10.6 Å².